The van der Waals surface area contributed by atoms with Crippen LogP contribution >= 0.6 is 11.6 Å². The summed E-state index contributed by atoms with van der Waals surface area (Å²) in [5.74, 6) is -7.25. The van der Waals surface area contributed by atoms with Crippen LogP contribution in [0.25, 0.3) is 5.57 Å². The molecule has 290 valence electrons. The number of amides is 2. The van der Waals surface area contributed by atoms with Crippen LogP contribution in [0.1, 0.15) is 41.5 Å². The molecule has 2 amide bonds. The van der Waals surface area contributed by atoms with Crippen LogP contribution in [0.15, 0.2) is 78.9 Å². The summed E-state index contributed by atoms with van der Waals surface area (Å²) in [4.78, 5) is 35.4. The van der Waals surface area contributed by atoms with E-state index in [1.807, 2.05) is 12.1 Å². The van der Waals surface area contributed by atoms with Crippen LogP contribution in [0, 0.1) is 35.0 Å². The minimum Gasteiger partial charge on any atom is -0.488 e. The fraction of sp³-hybridized carbons (Fsp3) is 0.282. The molecule has 0 spiro atoms. The van der Waals surface area contributed by atoms with Crippen molar-refractivity contribution in [2.75, 3.05) is 19.7 Å². The first-order chi connectivity index (χ1) is 26.4. The summed E-state index contributed by atoms with van der Waals surface area (Å²) in [6.45, 7) is -0.671. The molecule has 1 fully saturated rings. The Morgan fingerprint density at radius 2 is 1.58 bits per heavy atom. The second kappa shape index (κ2) is 17.6. The van der Waals surface area contributed by atoms with Crippen molar-refractivity contribution in [3.8, 4) is 11.5 Å². The smallest absolute Gasteiger partial charge is 0.415 e. The minimum absolute atomic E-state index is 0.0603. The van der Waals surface area contributed by atoms with Gasteiger partial charge in [-0.1, -0.05) is 54.1 Å². The number of aryl methyl sites for hydroxylation is 1. The third-order valence-corrected chi connectivity index (χ3v) is 9.61. The molecular weight excluding hydrogens is 753 g/mol. The average molecular weight is 788 g/mol. The van der Waals surface area contributed by atoms with Crippen LogP contribution in [0.4, 0.5) is 26.7 Å². The van der Waals surface area contributed by atoms with Crippen LogP contribution < -0.4 is 9.47 Å². The van der Waals surface area contributed by atoms with Crippen LogP contribution in [0.2, 0.25) is 5.02 Å². The summed E-state index contributed by atoms with van der Waals surface area (Å²) < 4.78 is 81.5. The second-order valence-electron chi connectivity index (χ2n) is 13.0. The van der Waals surface area contributed by atoms with Gasteiger partial charge in [-0.2, -0.15) is 4.39 Å². The number of hydrogen-bond donors (Lipinski definition) is 2. The van der Waals surface area contributed by atoms with E-state index in [2.05, 4.69) is 4.84 Å². The molecule has 1 heterocycles. The molecule has 1 atom stereocenters. The van der Waals surface area contributed by atoms with E-state index < -0.39 is 63.2 Å². The van der Waals surface area contributed by atoms with Crippen molar-refractivity contribution in [2.45, 2.75) is 44.9 Å². The summed E-state index contributed by atoms with van der Waals surface area (Å²) in [5, 5.41) is 16.8. The molecule has 0 aromatic heterocycles. The molecule has 4 aromatic rings. The zero-order valence-corrected chi connectivity index (χ0v) is 29.8. The zero-order chi connectivity index (χ0) is 39.2. The monoisotopic (exact) mass is 787 g/mol. The lowest BCUT2D eigenvalue weighted by molar-refractivity contribution is -0.497. The molecule has 1 saturated carbocycles. The molecule has 0 saturated heterocycles. The standard InChI is InChI=1S/C39H35ClF5N3O7/c40-35-30(31(41)12-13-32(35)42)21-47(26-10-11-26)38(49)29-20-46(39(50)55-27-5-1-3-24(19-27)22-54-48(51)52)17-16-28(29)25-8-6-23(7-9-25)4-2-18-53-37-34(44)15-14-33(43)36(37)45/h1,3,5-9,12-16,19,26,29,51-52H,2,4,10-11,17-18,20-22H2. The third-order valence-electron chi connectivity index (χ3n) is 9.20. The van der Waals surface area contributed by atoms with E-state index in [0.29, 0.717) is 48.4 Å². The lowest BCUT2D eigenvalue weighted by atomic mass is 9.87. The molecule has 1 aliphatic carbocycles. The quantitative estimate of drug-likeness (QED) is 0.0569. The number of benzene rings is 4. The van der Waals surface area contributed by atoms with Gasteiger partial charge in [0.2, 0.25) is 11.7 Å². The van der Waals surface area contributed by atoms with Crippen molar-refractivity contribution in [1.82, 2.24) is 15.2 Å². The third kappa shape index (κ3) is 9.79. The topological polar surface area (TPSA) is 112 Å². The highest BCUT2D eigenvalue weighted by molar-refractivity contribution is 6.31. The Labute approximate surface area is 317 Å². The lowest BCUT2D eigenvalue weighted by Crippen LogP contribution is -2.47. The summed E-state index contributed by atoms with van der Waals surface area (Å²) in [5.41, 5.74) is 2.39. The van der Waals surface area contributed by atoms with E-state index in [9.17, 15) is 31.5 Å². The maximum Gasteiger partial charge on any atom is 0.415 e. The van der Waals surface area contributed by atoms with Crippen molar-refractivity contribution in [1.29, 1.82) is 0 Å². The molecule has 2 aliphatic rings. The van der Waals surface area contributed by atoms with Crippen LogP contribution in [0.5, 0.6) is 11.5 Å². The molecule has 55 heavy (non-hydrogen) atoms. The maximum absolute atomic E-state index is 14.9. The van der Waals surface area contributed by atoms with Gasteiger partial charge in [0.15, 0.2) is 17.4 Å². The average Bonchev–Trinajstić information content (AvgIpc) is 4.02. The highest BCUT2D eigenvalue weighted by atomic mass is 35.5. The predicted octanol–water partition coefficient (Wildman–Crippen LogP) is 8.26. The molecule has 2 N–H and O–H groups in total. The number of carbonyl (C=O) groups is 2. The van der Waals surface area contributed by atoms with Crippen molar-refractivity contribution < 1.29 is 56.3 Å². The van der Waals surface area contributed by atoms with Gasteiger partial charge in [0.25, 0.3) is 0 Å². The Kier molecular flexibility index (Phi) is 12.7. The Hall–Kier alpha value is -5.06. The summed E-state index contributed by atoms with van der Waals surface area (Å²) in [6.07, 6.45) is 3.02. The Balaban J connectivity index is 1.20. The van der Waals surface area contributed by atoms with Gasteiger partial charge < -0.3 is 19.3 Å². The minimum atomic E-state index is -1.40. The number of carbonyl (C=O) groups excluding carboxylic acids is 2. The normalized spacial score (nSPS) is 15.5. The van der Waals surface area contributed by atoms with Crippen LogP contribution in [-0.2, 0) is 29.2 Å². The molecule has 0 bridgehead atoms. The largest absolute Gasteiger partial charge is 0.488 e. The van der Waals surface area contributed by atoms with Crippen molar-refractivity contribution in [3.63, 3.8) is 0 Å². The molecule has 1 unspecified atom stereocenters. The van der Waals surface area contributed by atoms with Gasteiger partial charge in [0, 0.05) is 24.7 Å². The molecule has 4 aromatic carbocycles. The molecule has 1 aliphatic heterocycles. The summed E-state index contributed by atoms with van der Waals surface area (Å²) in [6, 6.07) is 16.4. The Bertz CT molecular complexity index is 2070. The van der Waals surface area contributed by atoms with Crippen LogP contribution in [0.3, 0.4) is 0 Å². The van der Waals surface area contributed by atoms with Gasteiger partial charge >= 0.3 is 6.09 Å². The molecule has 16 heteroatoms. The summed E-state index contributed by atoms with van der Waals surface area (Å²) >= 11 is 6.16. The number of nitrogens with zero attached hydrogens (tertiary/aromatic N) is 3. The van der Waals surface area contributed by atoms with Gasteiger partial charge in [-0.05, 0) is 84.3 Å². The Morgan fingerprint density at radius 1 is 0.873 bits per heavy atom. The molecule has 10 nitrogen and oxygen atoms in total. The number of rotatable bonds is 14. The van der Waals surface area contributed by atoms with E-state index >= 15 is 0 Å². The summed E-state index contributed by atoms with van der Waals surface area (Å²) in [7, 11) is 0. The molecule has 6 rings (SSSR count). The van der Waals surface area contributed by atoms with Crippen LogP contribution in [-0.4, -0.2) is 63.3 Å². The first-order valence-corrected chi connectivity index (χ1v) is 17.6. The van der Waals surface area contributed by atoms with E-state index in [1.54, 1.807) is 30.3 Å². The number of halogens is 6. The van der Waals surface area contributed by atoms with Gasteiger partial charge in [-0.15, -0.1) is 0 Å². The van der Waals surface area contributed by atoms with Crippen molar-refractivity contribution in [3.05, 3.63) is 135 Å². The van der Waals surface area contributed by atoms with E-state index in [-0.39, 0.29) is 50.2 Å². The first kappa shape index (κ1) is 39.6. The Morgan fingerprint density at radius 3 is 2.31 bits per heavy atom. The lowest BCUT2D eigenvalue weighted by Gasteiger charge is -2.35. The fourth-order valence-electron chi connectivity index (χ4n) is 6.23. The van der Waals surface area contributed by atoms with Gasteiger partial charge in [0.05, 0.1) is 36.1 Å². The highest BCUT2D eigenvalue weighted by Gasteiger charge is 2.41. The van der Waals surface area contributed by atoms with Gasteiger partial charge in [-0.3, -0.25) is 15.2 Å². The van der Waals surface area contributed by atoms with E-state index in [1.165, 1.54) is 21.9 Å². The fourth-order valence-corrected chi connectivity index (χ4v) is 6.45. The predicted molar refractivity (Wildman–Crippen MR) is 187 cm³/mol. The van der Waals surface area contributed by atoms with Gasteiger partial charge in [-0.25, -0.2) is 27.2 Å². The first-order valence-electron chi connectivity index (χ1n) is 17.2. The highest BCUT2D eigenvalue weighted by Crippen LogP contribution is 2.37. The number of hydrogen-bond acceptors (Lipinski definition) is 8. The second-order valence-corrected chi connectivity index (χ2v) is 13.4. The zero-order valence-electron chi connectivity index (χ0n) is 29.1. The maximum atomic E-state index is 14.9. The van der Waals surface area contributed by atoms with E-state index in [4.69, 9.17) is 31.5 Å². The van der Waals surface area contributed by atoms with E-state index in [0.717, 1.165) is 23.8 Å². The van der Waals surface area contributed by atoms with Gasteiger partial charge in [0.1, 0.15) is 17.4 Å². The molecule has 0 radical (unpaired) electrons. The molecular formula is C39H35ClF5N3O7. The SMILES string of the molecule is O=C(Oc1cccc(CON(O)O)c1)N1CC=C(c2ccc(CCCOc3c(F)ccc(F)c3F)cc2)C(C(=O)N(Cc2c(F)ccc(F)c2Cl)C2CC2)C1. The van der Waals surface area contributed by atoms with Crippen molar-refractivity contribution in [2.24, 2.45) is 5.92 Å². The number of ether oxygens (including phenoxy) is 2. The van der Waals surface area contributed by atoms with Crippen molar-refractivity contribution >= 4 is 29.2 Å².